The van der Waals surface area contributed by atoms with Crippen molar-refractivity contribution in [2.75, 3.05) is 0 Å². The van der Waals surface area contributed by atoms with Gasteiger partial charge >= 0.3 is 0 Å². The molecule has 0 N–H and O–H groups in total. The van der Waals surface area contributed by atoms with Gasteiger partial charge in [0.25, 0.3) is 0 Å². The van der Waals surface area contributed by atoms with Crippen molar-refractivity contribution in [3.63, 3.8) is 0 Å². The predicted octanol–water partition coefficient (Wildman–Crippen LogP) is 5.14. The van der Waals surface area contributed by atoms with Gasteiger partial charge in [-0.3, -0.25) is 0 Å². The molecule has 2 aromatic rings. The van der Waals surface area contributed by atoms with Gasteiger partial charge in [-0.15, -0.1) is 0 Å². The molecule has 0 spiro atoms. The number of hydrogen-bond donors (Lipinski definition) is 0. The monoisotopic (exact) mass is 325 g/mol. The van der Waals surface area contributed by atoms with Gasteiger partial charge in [0.2, 0.25) is 5.69 Å². The van der Waals surface area contributed by atoms with Gasteiger partial charge in [0.15, 0.2) is 6.20 Å². The molecule has 0 bridgehead atoms. The Bertz CT molecular complexity index is 755. The van der Waals surface area contributed by atoms with Crippen molar-refractivity contribution >= 4 is 0 Å². The number of halogens is 1. The number of hydrogen-bond acceptors (Lipinski definition) is 1. The molecule has 0 atom stereocenters. The molecule has 0 saturated carbocycles. The summed E-state index contributed by atoms with van der Waals surface area (Å²) in [5.74, 6) is -0.428. The standard InChI is InChI=1S/C21H26FN2/c1-5-11-24-12-9-8-10-20(24)17-13-16(15-23)19(22)14-18(17)21(4,6-2)7-3/h8-10,12-14H,5-7,11H2,1-4H3/q+1. The van der Waals surface area contributed by atoms with E-state index < -0.39 is 5.82 Å². The molecule has 1 aromatic carbocycles. The van der Waals surface area contributed by atoms with Gasteiger partial charge in [-0.05, 0) is 42.0 Å². The molecule has 2 nitrogen and oxygen atoms in total. The van der Waals surface area contributed by atoms with Crippen LogP contribution in [0.4, 0.5) is 4.39 Å². The number of aryl methyl sites for hydroxylation is 1. The van der Waals surface area contributed by atoms with E-state index in [1.165, 1.54) is 0 Å². The molecule has 0 saturated heterocycles. The molecular weight excluding hydrogens is 299 g/mol. The van der Waals surface area contributed by atoms with E-state index in [2.05, 4.69) is 38.3 Å². The third kappa shape index (κ3) is 3.33. The fourth-order valence-corrected chi connectivity index (χ4v) is 3.16. The first kappa shape index (κ1) is 18.1. The van der Waals surface area contributed by atoms with Crippen LogP contribution in [0.15, 0.2) is 36.5 Å². The smallest absolute Gasteiger partial charge is 0.206 e. The number of pyridine rings is 1. The SMILES string of the molecule is CCC[n+]1ccccc1-c1cc(C#N)c(F)cc1C(C)(CC)CC. The van der Waals surface area contributed by atoms with Crippen molar-refractivity contribution < 1.29 is 8.96 Å². The lowest BCUT2D eigenvalue weighted by atomic mass is 9.74. The molecule has 0 aliphatic rings. The first-order valence-corrected chi connectivity index (χ1v) is 8.73. The topological polar surface area (TPSA) is 27.7 Å². The van der Waals surface area contributed by atoms with Gasteiger partial charge in [-0.25, -0.2) is 4.39 Å². The zero-order valence-electron chi connectivity index (χ0n) is 15.1. The van der Waals surface area contributed by atoms with E-state index in [1.807, 2.05) is 24.4 Å². The maximum atomic E-state index is 14.4. The molecule has 0 amide bonds. The molecule has 0 unspecified atom stereocenters. The number of rotatable bonds is 6. The van der Waals surface area contributed by atoms with Crippen LogP contribution < -0.4 is 4.57 Å². The van der Waals surface area contributed by atoms with Crippen LogP contribution >= 0.6 is 0 Å². The van der Waals surface area contributed by atoms with Crippen LogP contribution in [0.25, 0.3) is 11.3 Å². The second-order valence-electron chi connectivity index (χ2n) is 6.54. The average molecular weight is 325 g/mol. The fourth-order valence-electron chi connectivity index (χ4n) is 3.16. The van der Waals surface area contributed by atoms with Crippen LogP contribution in [0.2, 0.25) is 0 Å². The highest BCUT2D eigenvalue weighted by molar-refractivity contribution is 5.66. The molecule has 0 fully saturated rings. The van der Waals surface area contributed by atoms with Crippen LogP contribution in [-0.2, 0) is 12.0 Å². The van der Waals surface area contributed by atoms with Crippen LogP contribution in [0.3, 0.4) is 0 Å². The van der Waals surface area contributed by atoms with Crippen LogP contribution in [0.5, 0.6) is 0 Å². The number of nitrogens with zero attached hydrogens (tertiary/aromatic N) is 2. The molecule has 1 aromatic heterocycles. The quantitative estimate of drug-likeness (QED) is 0.676. The summed E-state index contributed by atoms with van der Waals surface area (Å²) in [5.41, 5.74) is 2.98. The van der Waals surface area contributed by atoms with E-state index in [1.54, 1.807) is 12.1 Å². The summed E-state index contributed by atoms with van der Waals surface area (Å²) >= 11 is 0. The molecule has 0 aliphatic carbocycles. The minimum absolute atomic E-state index is 0.107. The van der Waals surface area contributed by atoms with Gasteiger partial charge in [-0.2, -0.15) is 9.83 Å². The first-order chi connectivity index (χ1) is 11.5. The number of benzene rings is 1. The van der Waals surface area contributed by atoms with Crippen molar-refractivity contribution in [2.24, 2.45) is 0 Å². The van der Waals surface area contributed by atoms with Crippen molar-refractivity contribution in [3.05, 3.63) is 53.5 Å². The Kier molecular flexibility index (Phi) is 5.72. The molecule has 3 heteroatoms. The van der Waals surface area contributed by atoms with Gasteiger partial charge in [0.1, 0.15) is 18.4 Å². The fraction of sp³-hybridized carbons (Fsp3) is 0.429. The lowest BCUT2D eigenvalue weighted by Crippen LogP contribution is -2.36. The molecule has 1 heterocycles. The Balaban J connectivity index is 2.80. The van der Waals surface area contributed by atoms with Gasteiger partial charge < -0.3 is 0 Å². The normalized spacial score (nSPS) is 11.3. The molecule has 24 heavy (non-hydrogen) atoms. The highest BCUT2D eigenvalue weighted by atomic mass is 19.1. The molecule has 2 rings (SSSR count). The van der Waals surface area contributed by atoms with E-state index in [9.17, 15) is 9.65 Å². The Labute approximate surface area is 144 Å². The van der Waals surface area contributed by atoms with E-state index in [-0.39, 0.29) is 11.0 Å². The van der Waals surface area contributed by atoms with Gasteiger partial charge in [0.05, 0.1) is 11.1 Å². The Morgan fingerprint density at radius 3 is 2.46 bits per heavy atom. The van der Waals surface area contributed by atoms with Crippen molar-refractivity contribution in [1.29, 1.82) is 5.26 Å². The summed E-state index contributed by atoms with van der Waals surface area (Å²) in [7, 11) is 0. The van der Waals surface area contributed by atoms with Crippen molar-refractivity contribution in [2.45, 2.75) is 58.9 Å². The molecule has 0 radical (unpaired) electrons. The van der Waals surface area contributed by atoms with Crippen molar-refractivity contribution in [3.8, 4) is 17.3 Å². The summed E-state index contributed by atoms with van der Waals surface area (Å²) in [5, 5.41) is 9.27. The Morgan fingerprint density at radius 2 is 1.88 bits per heavy atom. The average Bonchev–Trinajstić information content (AvgIpc) is 2.61. The minimum Gasteiger partial charge on any atom is -0.206 e. The highest BCUT2D eigenvalue weighted by Gasteiger charge is 2.30. The second kappa shape index (κ2) is 7.57. The number of nitriles is 1. The number of aromatic nitrogens is 1. The predicted molar refractivity (Wildman–Crippen MR) is 95.0 cm³/mol. The summed E-state index contributed by atoms with van der Waals surface area (Å²) in [4.78, 5) is 0. The zero-order valence-corrected chi connectivity index (χ0v) is 15.1. The summed E-state index contributed by atoms with van der Waals surface area (Å²) in [6.07, 6.45) is 4.90. The third-order valence-electron chi connectivity index (χ3n) is 5.12. The molecule has 126 valence electrons. The van der Waals surface area contributed by atoms with E-state index in [0.29, 0.717) is 0 Å². The lowest BCUT2D eigenvalue weighted by molar-refractivity contribution is -0.686. The van der Waals surface area contributed by atoms with Gasteiger partial charge in [-0.1, -0.05) is 27.7 Å². The van der Waals surface area contributed by atoms with E-state index in [4.69, 9.17) is 0 Å². The van der Waals surface area contributed by atoms with E-state index in [0.717, 1.165) is 42.6 Å². The first-order valence-electron chi connectivity index (χ1n) is 8.73. The summed E-state index contributed by atoms with van der Waals surface area (Å²) in [6, 6.07) is 11.3. The van der Waals surface area contributed by atoms with Crippen LogP contribution in [0.1, 0.15) is 58.1 Å². The maximum absolute atomic E-state index is 14.4. The lowest BCUT2D eigenvalue weighted by Gasteiger charge is -2.29. The second-order valence-corrected chi connectivity index (χ2v) is 6.54. The van der Waals surface area contributed by atoms with Gasteiger partial charge in [0, 0.05) is 18.6 Å². The maximum Gasteiger partial charge on any atom is 0.212 e. The largest absolute Gasteiger partial charge is 0.212 e. The summed E-state index contributed by atoms with van der Waals surface area (Å²) < 4.78 is 16.6. The zero-order chi connectivity index (χ0) is 17.7. The minimum atomic E-state index is -0.428. The van der Waals surface area contributed by atoms with E-state index >= 15 is 0 Å². The molecule has 0 aliphatic heterocycles. The Morgan fingerprint density at radius 1 is 1.17 bits per heavy atom. The van der Waals surface area contributed by atoms with Crippen LogP contribution in [-0.4, -0.2) is 0 Å². The third-order valence-corrected chi connectivity index (χ3v) is 5.12. The van der Waals surface area contributed by atoms with Crippen molar-refractivity contribution in [1.82, 2.24) is 0 Å². The molecular formula is C21H26FN2+. The highest BCUT2D eigenvalue weighted by Crippen LogP contribution is 2.38. The Hall–Kier alpha value is -2.21. The summed E-state index contributed by atoms with van der Waals surface area (Å²) in [6.45, 7) is 9.47. The van der Waals surface area contributed by atoms with Crippen LogP contribution in [0, 0.1) is 17.1 Å².